The molecule has 0 aromatic heterocycles. The molecule has 4 rings (SSSR count). The molecule has 0 bridgehead atoms. The molecule has 0 radical (unpaired) electrons. The molecule has 0 saturated carbocycles. The van der Waals surface area contributed by atoms with Gasteiger partial charge in [-0.25, -0.2) is 5.43 Å². The standard InChI is InChI=1S/C25H26N2O/c1-18(2)19-9-11-21(12-10-19)25-17-24(20-13-15-23(28-3)16-14-20)26-27(25)22-7-5-4-6-8-22/h4-18,24,26H,1-3H3. The first-order valence-corrected chi connectivity index (χ1v) is 9.73. The third-order valence-corrected chi connectivity index (χ3v) is 5.20. The summed E-state index contributed by atoms with van der Waals surface area (Å²) in [6, 6.07) is 27.7. The Hall–Kier alpha value is -3.04. The van der Waals surface area contributed by atoms with Crippen molar-refractivity contribution in [3.05, 3.63) is 102 Å². The first-order valence-electron chi connectivity index (χ1n) is 9.73. The van der Waals surface area contributed by atoms with E-state index in [0.717, 1.165) is 11.4 Å². The number of rotatable bonds is 5. The number of nitrogens with zero attached hydrogens (tertiary/aromatic N) is 1. The molecule has 142 valence electrons. The van der Waals surface area contributed by atoms with E-state index >= 15 is 0 Å². The second kappa shape index (κ2) is 7.91. The van der Waals surface area contributed by atoms with Crippen LogP contribution in [0.5, 0.6) is 5.75 Å². The molecule has 1 atom stereocenters. The molecule has 1 aliphatic rings. The number of methoxy groups -OCH3 is 1. The molecule has 3 aromatic carbocycles. The van der Waals surface area contributed by atoms with Gasteiger partial charge in [0.25, 0.3) is 0 Å². The number of hydrogen-bond acceptors (Lipinski definition) is 3. The number of benzene rings is 3. The van der Waals surface area contributed by atoms with Crippen LogP contribution in [0.25, 0.3) is 5.70 Å². The summed E-state index contributed by atoms with van der Waals surface area (Å²) in [5.74, 6) is 1.40. The Morgan fingerprint density at radius 2 is 1.54 bits per heavy atom. The Morgan fingerprint density at radius 3 is 2.14 bits per heavy atom. The number of para-hydroxylation sites is 1. The number of anilines is 1. The maximum absolute atomic E-state index is 5.30. The van der Waals surface area contributed by atoms with E-state index in [0.29, 0.717) is 5.92 Å². The van der Waals surface area contributed by atoms with Crippen LogP contribution < -0.4 is 15.2 Å². The first-order chi connectivity index (χ1) is 13.7. The van der Waals surface area contributed by atoms with Gasteiger partial charge in [0.1, 0.15) is 5.75 Å². The van der Waals surface area contributed by atoms with E-state index in [1.54, 1.807) is 7.11 Å². The Bertz CT molecular complexity index is 944. The van der Waals surface area contributed by atoms with Crippen molar-refractivity contribution in [1.29, 1.82) is 0 Å². The summed E-state index contributed by atoms with van der Waals surface area (Å²) in [6.45, 7) is 4.45. The van der Waals surface area contributed by atoms with E-state index < -0.39 is 0 Å². The Labute approximate surface area is 167 Å². The highest BCUT2D eigenvalue weighted by atomic mass is 16.5. The molecule has 1 heterocycles. The molecular weight excluding hydrogens is 344 g/mol. The van der Waals surface area contributed by atoms with Crippen LogP contribution in [0.1, 0.15) is 42.5 Å². The van der Waals surface area contributed by atoms with E-state index in [4.69, 9.17) is 4.74 Å². The molecule has 3 heteroatoms. The van der Waals surface area contributed by atoms with E-state index in [1.165, 1.54) is 22.4 Å². The van der Waals surface area contributed by atoms with Gasteiger partial charge in [-0.3, -0.25) is 5.01 Å². The van der Waals surface area contributed by atoms with Gasteiger partial charge in [0.2, 0.25) is 0 Å². The third kappa shape index (κ3) is 3.67. The summed E-state index contributed by atoms with van der Waals surface area (Å²) in [5.41, 5.74) is 9.70. The van der Waals surface area contributed by atoms with Crippen LogP contribution in [0.3, 0.4) is 0 Å². The van der Waals surface area contributed by atoms with Crippen molar-refractivity contribution >= 4 is 11.4 Å². The first kappa shape index (κ1) is 18.3. The zero-order valence-electron chi connectivity index (χ0n) is 16.6. The second-order valence-corrected chi connectivity index (χ2v) is 7.38. The van der Waals surface area contributed by atoms with Crippen molar-refractivity contribution in [3.8, 4) is 5.75 Å². The number of nitrogens with one attached hydrogen (secondary N) is 1. The largest absolute Gasteiger partial charge is 0.497 e. The molecule has 3 aromatic rings. The Kier molecular flexibility index (Phi) is 5.18. The van der Waals surface area contributed by atoms with Crippen LogP contribution in [0.4, 0.5) is 5.69 Å². The monoisotopic (exact) mass is 370 g/mol. The van der Waals surface area contributed by atoms with Gasteiger partial charge in [-0.05, 0) is 52.9 Å². The summed E-state index contributed by atoms with van der Waals surface area (Å²) in [6.07, 6.45) is 2.29. The average Bonchev–Trinajstić information content (AvgIpc) is 3.20. The van der Waals surface area contributed by atoms with Crippen molar-refractivity contribution in [1.82, 2.24) is 5.43 Å². The average molecular weight is 370 g/mol. The molecule has 0 amide bonds. The summed E-state index contributed by atoms with van der Waals surface area (Å²) in [5, 5.41) is 2.18. The lowest BCUT2D eigenvalue weighted by molar-refractivity contribution is 0.414. The molecule has 28 heavy (non-hydrogen) atoms. The number of hydrazine groups is 1. The fourth-order valence-corrected chi connectivity index (χ4v) is 3.52. The van der Waals surface area contributed by atoms with Crippen LogP contribution in [0, 0.1) is 0 Å². The quantitative estimate of drug-likeness (QED) is 0.603. The maximum Gasteiger partial charge on any atom is 0.118 e. The Morgan fingerprint density at radius 1 is 0.857 bits per heavy atom. The predicted molar refractivity (Wildman–Crippen MR) is 116 cm³/mol. The maximum atomic E-state index is 5.30. The number of hydrogen-bond donors (Lipinski definition) is 1. The predicted octanol–water partition coefficient (Wildman–Crippen LogP) is 5.93. The van der Waals surface area contributed by atoms with Gasteiger partial charge in [0.05, 0.1) is 24.5 Å². The van der Waals surface area contributed by atoms with Crippen molar-refractivity contribution in [2.24, 2.45) is 0 Å². The van der Waals surface area contributed by atoms with Gasteiger partial charge in [-0.2, -0.15) is 0 Å². The molecule has 3 nitrogen and oxygen atoms in total. The van der Waals surface area contributed by atoms with Crippen LogP contribution in [-0.4, -0.2) is 7.11 Å². The normalized spacial score (nSPS) is 16.4. The highest BCUT2D eigenvalue weighted by Crippen LogP contribution is 2.35. The van der Waals surface area contributed by atoms with Crippen molar-refractivity contribution in [2.75, 3.05) is 12.1 Å². The van der Waals surface area contributed by atoms with E-state index in [2.05, 4.69) is 91.0 Å². The molecule has 1 aliphatic heterocycles. The molecule has 0 spiro atoms. The highest BCUT2D eigenvalue weighted by Gasteiger charge is 2.26. The van der Waals surface area contributed by atoms with Crippen molar-refractivity contribution in [2.45, 2.75) is 25.8 Å². The van der Waals surface area contributed by atoms with E-state index in [1.807, 2.05) is 18.2 Å². The van der Waals surface area contributed by atoms with Gasteiger partial charge >= 0.3 is 0 Å². The number of ether oxygens (including phenoxy) is 1. The molecule has 0 aliphatic carbocycles. The van der Waals surface area contributed by atoms with Crippen molar-refractivity contribution in [3.63, 3.8) is 0 Å². The molecular formula is C25H26N2O. The topological polar surface area (TPSA) is 24.5 Å². The minimum Gasteiger partial charge on any atom is -0.497 e. The smallest absolute Gasteiger partial charge is 0.118 e. The summed E-state index contributed by atoms with van der Waals surface area (Å²) in [4.78, 5) is 0. The summed E-state index contributed by atoms with van der Waals surface area (Å²) in [7, 11) is 1.69. The van der Waals surface area contributed by atoms with E-state index in [9.17, 15) is 0 Å². The van der Waals surface area contributed by atoms with Crippen LogP contribution in [0.2, 0.25) is 0 Å². The molecule has 1 N–H and O–H groups in total. The van der Waals surface area contributed by atoms with E-state index in [-0.39, 0.29) is 6.04 Å². The molecule has 0 saturated heterocycles. The molecule has 1 unspecified atom stereocenters. The fourth-order valence-electron chi connectivity index (χ4n) is 3.52. The lowest BCUT2D eigenvalue weighted by Gasteiger charge is -2.24. The molecule has 0 fully saturated rings. The highest BCUT2D eigenvalue weighted by molar-refractivity contribution is 5.81. The summed E-state index contributed by atoms with van der Waals surface area (Å²) >= 11 is 0. The zero-order valence-corrected chi connectivity index (χ0v) is 16.6. The lowest BCUT2D eigenvalue weighted by Crippen LogP contribution is -2.33. The Balaban J connectivity index is 1.71. The minimum atomic E-state index is 0.103. The second-order valence-electron chi connectivity index (χ2n) is 7.38. The summed E-state index contributed by atoms with van der Waals surface area (Å²) < 4.78 is 5.30. The lowest BCUT2D eigenvalue weighted by atomic mass is 10.00. The minimum absolute atomic E-state index is 0.103. The van der Waals surface area contributed by atoms with Crippen LogP contribution in [-0.2, 0) is 0 Å². The van der Waals surface area contributed by atoms with Gasteiger partial charge in [0, 0.05) is 0 Å². The fraction of sp³-hybridized carbons (Fsp3) is 0.200. The zero-order chi connectivity index (χ0) is 19.5. The van der Waals surface area contributed by atoms with Gasteiger partial charge in [-0.15, -0.1) is 0 Å². The third-order valence-electron chi connectivity index (χ3n) is 5.20. The van der Waals surface area contributed by atoms with Crippen LogP contribution >= 0.6 is 0 Å². The SMILES string of the molecule is COc1ccc(C2C=C(c3ccc(C(C)C)cc3)N(c3ccccc3)N2)cc1. The van der Waals surface area contributed by atoms with Crippen molar-refractivity contribution < 1.29 is 4.74 Å². The van der Waals surface area contributed by atoms with Gasteiger partial charge < -0.3 is 4.74 Å². The van der Waals surface area contributed by atoms with Gasteiger partial charge in [-0.1, -0.05) is 68.4 Å². The van der Waals surface area contributed by atoms with Crippen LogP contribution in [0.15, 0.2) is 84.9 Å². The van der Waals surface area contributed by atoms with Gasteiger partial charge in [0.15, 0.2) is 0 Å².